The van der Waals surface area contributed by atoms with Crippen LogP contribution in [0.15, 0.2) is 47.4 Å². The molecule has 0 saturated heterocycles. The zero-order valence-corrected chi connectivity index (χ0v) is 17.1. The van der Waals surface area contributed by atoms with Crippen LogP contribution in [0.3, 0.4) is 0 Å². The van der Waals surface area contributed by atoms with E-state index in [1.54, 1.807) is 18.2 Å². The molecule has 0 aliphatic carbocycles. The number of hydrogen-bond acceptors (Lipinski definition) is 6. The van der Waals surface area contributed by atoms with Crippen molar-refractivity contribution in [1.29, 1.82) is 0 Å². The van der Waals surface area contributed by atoms with Crippen LogP contribution in [0.25, 0.3) is 11.1 Å². The Balaban J connectivity index is 1.99. The quantitative estimate of drug-likeness (QED) is 0.366. The molecule has 0 aliphatic heterocycles. The maximum Gasteiger partial charge on any atom is 0.296 e. The van der Waals surface area contributed by atoms with Gasteiger partial charge in [0.1, 0.15) is 0 Å². The maximum atomic E-state index is 12.4. The van der Waals surface area contributed by atoms with Crippen molar-refractivity contribution in [3.05, 3.63) is 53.6 Å². The van der Waals surface area contributed by atoms with E-state index in [1.165, 1.54) is 0 Å². The van der Waals surface area contributed by atoms with Gasteiger partial charge in [-0.1, -0.05) is 35.9 Å². The molecule has 0 heterocycles. The molecule has 0 amide bonds. The van der Waals surface area contributed by atoms with Gasteiger partial charge >= 0.3 is 0 Å². The Labute approximate surface area is 162 Å². The summed E-state index contributed by atoms with van der Waals surface area (Å²) in [6, 6.07) is 12.8. The lowest BCUT2D eigenvalue weighted by Gasteiger charge is -2.11. The summed E-state index contributed by atoms with van der Waals surface area (Å²) in [4.78, 5) is 0.121. The predicted octanol–water partition coefficient (Wildman–Crippen LogP) is 3.39. The lowest BCUT2D eigenvalue weighted by Crippen LogP contribution is -2.08. The summed E-state index contributed by atoms with van der Waals surface area (Å²) in [6.07, 6.45) is 1.63. The lowest BCUT2D eigenvalue weighted by atomic mass is 10.00. The van der Waals surface area contributed by atoms with Crippen LogP contribution < -0.4 is 0 Å². The summed E-state index contributed by atoms with van der Waals surface area (Å²) in [5, 5.41) is 0. The van der Waals surface area contributed by atoms with Gasteiger partial charge < -0.3 is 0 Å². The number of thiol groups is 1. The molecular formula is C19H24O6S2. The van der Waals surface area contributed by atoms with Gasteiger partial charge in [-0.05, 0) is 61.9 Å². The van der Waals surface area contributed by atoms with E-state index in [9.17, 15) is 16.8 Å². The first-order chi connectivity index (χ1) is 12.8. The predicted molar refractivity (Wildman–Crippen MR) is 105 cm³/mol. The number of benzene rings is 2. The molecule has 6 nitrogen and oxygen atoms in total. The summed E-state index contributed by atoms with van der Waals surface area (Å²) in [5.74, 6) is 0. The molecule has 148 valence electrons. The zero-order chi connectivity index (χ0) is 19.9. The molecule has 0 fully saturated rings. The van der Waals surface area contributed by atoms with E-state index in [4.69, 9.17) is 4.18 Å². The van der Waals surface area contributed by atoms with Gasteiger partial charge in [-0.15, -0.1) is 0 Å². The summed E-state index contributed by atoms with van der Waals surface area (Å²) < 4.78 is 54.9. The number of hydrogen-bond donors (Lipinski definition) is 1. The molecular weight excluding hydrogens is 388 g/mol. The molecule has 2 aromatic carbocycles. The van der Waals surface area contributed by atoms with Gasteiger partial charge in [0.15, 0.2) is 0 Å². The van der Waals surface area contributed by atoms with Crippen molar-refractivity contribution in [2.45, 2.75) is 38.0 Å². The van der Waals surface area contributed by atoms with E-state index in [0.717, 1.165) is 22.3 Å². The Hall–Kier alpha value is -1.74. The Bertz CT molecular complexity index is 923. The van der Waals surface area contributed by atoms with E-state index in [2.05, 4.69) is 4.18 Å². The molecule has 0 aromatic heterocycles. The lowest BCUT2D eigenvalue weighted by molar-refractivity contribution is 0.289. The van der Waals surface area contributed by atoms with Gasteiger partial charge in [-0.2, -0.15) is 8.42 Å². The highest BCUT2D eigenvalue weighted by atomic mass is 32.2. The van der Waals surface area contributed by atoms with Gasteiger partial charge in [0, 0.05) is 0 Å². The second-order valence-corrected chi connectivity index (χ2v) is 8.56. The van der Waals surface area contributed by atoms with Crippen molar-refractivity contribution in [3.63, 3.8) is 0 Å². The van der Waals surface area contributed by atoms with Gasteiger partial charge in [-0.25, -0.2) is 8.42 Å². The molecule has 27 heavy (non-hydrogen) atoms. The molecule has 8 heteroatoms. The molecule has 0 aliphatic rings. The van der Waals surface area contributed by atoms with Crippen molar-refractivity contribution in [3.8, 4) is 11.1 Å². The highest BCUT2D eigenvalue weighted by Crippen LogP contribution is 2.27. The Kier molecular flexibility index (Phi) is 7.97. The normalized spacial score (nSPS) is 11.8. The van der Waals surface area contributed by atoms with Crippen LogP contribution in [-0.4, -0.2) is 30.0 Å². The van der Waals surface area contributed by atoms with E-state index >= 15 is 0 Å². The molecule has 0 unspecified atom stereocenters. The fourth-order valence-corrected chi connectivity index (χ4v) is 3.81. The van der Waals surface area contributed by atoms with Crippen molar-refractivity contribution >= 4 is 21.1 Å². The molecule has 0 atom stereocenters. The van der Waals surface area contributed by atoms with E-state index < -0.39 is 21.1 Å². The Morgan fingerprint density at radius 3 is 2.22 bits per heavy atom. The van der Waals surface area contributed by atoms with Crippen molar-refractivity contribution in [2.75, 3.05) is 13.2 Å². The minimum Gasteiger partial charge on any atom is -0.272 e. The maximum absolute atomic E-state index is 12.4. The number of unbranched alkanes of at least 4 members (excludes halogenated alkanes) is 2. The summed E-state index contributed by atoms with van der Waals surface area (Å²) in [7, 11) is -6.68. The first-order valence-corrected chi connectivity index (χ1v) is 11.1. The van der Waals surface area contributed by atoms with Crippen LogP contribution in [-0.2, 0) is 29.5 Å². The highest BCUT2D eigenvalue weighted by Gasteiger charge is 2.17. The summed E-state index contributed by atoms with van der Waals surface area (Å²) >= 11 is 0. The molecule has 0 radical (unpaired) electrons. The van der Waals surface area contributed by atoms with E-state index in [1.807, 2.05) is 38.1 Å². The fourth-order valence-electron chi connectivity index (χ4n) is 2.56. The SMILES string of the molecule is Cc1ccc(-c2cc(S(=O)(=O)OCCCCCO[SH](=O)=O)ccc2C)cc1. The van der Waals surface area contributed by atoms with Gasteiger partial charge in [0.25, 0.3) is 21.1 Å². The van der Waals surface area contributed by atoms with Gasteiger partial charge in [-0.3, -0.25) is 8.37 Å². The van der Waals surface area contributed by atoms with Crippen LogP contribution in [0.4, 0.5) is 0 Å². The second-order valence-electron chi connectivity index (χ2n) is 6.24. The molecule has 0 saturated carbocycles. The third kappa shape index (κ3) is 6.73. The zero-order valence-electron chi connectivity index (χ0n) is 15.4. The fraction of sp³-hybridized carbons (Fsp3) is 0.368. The van der Waals surface area contributed by atoms with Crippen LogP contribution >= 0.6 is 0 Å². The van der Waals surface area contributed by atoms with Gasteiger partial charge in [0.05, 0.1) is 18.1 Å². The Morgan fingerprint density at radius 2 is 1.56 bits per heavy atom. The summed E-state index contributed by atoms with van der Waals surface area (Å²) in [6.45, 7) is 4.07. The standard InChI is InChI=1S/C19H24O6S2/c1-15-6-9-17(10-7-15)19-14-18(11-8-16(19)2)27(22,23)25-13-5-3-4-12-24-26(20)21/h6-11,14,26H,3-5,12-13H2,1-2H3. The number of aryl methyl sites for hydroxylation is 2. The Morgan fingerprint density at radius 1 is 0.889 bits per heavy atom. The van der Waals surface area contributed by atoms with Gasteiger partial charge in [0.2, 0.25) is 0 Å². The first-order valence-electron chi connectivity index (χ1n) is 8.64. The van der Waals surface area contributed by atoms with Crippen LogP contribution in [0.1, 0.15) is 30.4 Å². The van der Waals surface area contributed by atoms with Crippen LogP contribution in [0.2, 0.25) is 0 Å². The van der Waals surface area contributed by atoms with Crippen molar-refractivity contribution in [2.24, 2.45) is 0 Å². The number of rotatable bonds is 10. The van der Waals surface area contributed by atoms with Crippen molar-refractivity contribution < 1.29 is 25.2 Å². The highest BCUT2D eigenvalue weighted by molar-refractivity contribution is 7.86. The minimum absolute atomic E-state index is 0.0413. The molecule has 0 bridgehead atoms. The van der Waals surface area contributed by atoms with Crippen LogP contribution in [0, 0.1) is 13.8 Å². The smallest absolute Gasteiger partial charge is 0.272 e. The molecule has 0 spiro atoms. The largest absolute Gasteiger partial charge is 0.296 e. The molecule has 0 N–H and O–H groups in total. The second kappa shape index (κ2) is 9.98. The first kappa shape index (κ1) is 21.6. The average Bonchev–Trinajstić information content (AvgIpc) is 2.61. The minimum atomic E-state index is -3.85. The topological polar surface area (TPSA) is 86.7 Å². The summed E-state index contributed by atoms with van der Waals surface area (Å²) in [5.41, 5.74) is 3.92. The monoisotopic (exact) mass is 412 g/mol. The molecule has 2 aromatic rings. The third-order valence-corrected chi connectivity index (χ3v) is 5.79. The molecule has 2 rings (SSSR count). The third-order valence-electron chi connectivity index (χ3n) is 4.08. The van der Waals surface area contributed by atoms with Crippen molar-refractivity contribution in [1.82, 2.24) is 0 Å². The van der Waals surface area contributed by atoms with Crippen LogP contribution in [0.5, 0.6) is 0 Å². The van der Waals surface area contributed by atoms with E-state index in [-0.39, 0.29) is 18.1 Å². The average molecular weight is 413 g/mol. The van der Waals surface area contributed by atoms with E-state index in [0.29, 0.717) is 19.3 Å².